The molecule has 0 amide bonds. The SMILES string of the molecule is CCCCCCOc1cc(OCc2ccc(C(=O)O)cc2OC)ccc1C(C)=O. The Balaban J connectivity index is 2.09. The molecule has 0 saturated carbocycles. The predicted octanol–water partition coefficient (Wildman–Crippen LogP) is 5.13. The van der Waals surface area contributed by atoms with E-state index >= 15 is 0 Å². The Kier molecular flexibility index (Phi) is 8.52. The molecular weight excluding hydrogens is 372 g/mol. The summed E-state index contributed by atoms with van der Waals surface area (Å²) < 4.78 is 16.9. The van der Waals surface area contributed by atoms with Gasteiger partial charge in [0.05, 0.1) is 24.8 Å². The summed E-state index contributed by atoms with van der Waals surface area (Å²) in [5.74, 6) is 0.433. The van der Waals surface area contributed by atoms with E-state index in [0.717, 1.165) is 31.2 Å². The van der Waals surface area contributed by atoms with E-state index in [1.165, 1.54) is 26.2 Å². The maximum absolute atomic E-state index is 11.9. The van der Waals surface area contributed by atoms with Crippen LogP contribution in [0.25, 0.3) is 0 Å². The van der Waals surface area contributed by atoms with Crippen molar-refractivity contribution in [2.75, 3.05) is 13.7 Å². The Labute approximate surface area is 171 Å². The summed E-state index contributed by atoms with van der Waals surface area (Å²) in [5, 5.41) is 9.10. The molecule has 0 aliphatic rings. The van der Waals surface area contributed by atoms with Crippen LogP contribution in [-0.2, 0) is 6.61 Å². The molecule has 0 radical (unpaired) electrons. The highest BCUT2D eigenvalue weighted by atomic mass is 16.5. The van der Waals surface area contributed by atoms with E-state index in [0.29, 0.717) is 29.4 Å². The second-order valence-corrected chi connectivity index (χ2v) is 6.74. The molecule has 29 heavy (non-hydrogen) atoms. The highest BCUT2D eigenvalue weighted by Crippen LogP contribution is 2.28. The number of methoxy groups -OCH3 is 1. The van der Waals surface area contributed by atoms with Gasteiger partial charge in [-0.05, 0) is 37.6 Å². The Morgan fingerprint density at radius 2 is 1.76 bits per heavy atom. The number of rotatable bonds is 12. The summed E-state index contributed by atoms with van der Waals surface area (Å²) in [4.78, 5) is 23.0. The number of carbonyl (C=O) groups is 2. The first-order valence-corrected chi connectivity index (χ1v) is 9.77. The molecule has 0 saturated heterocycles. The number of carbonyl (C=O) groups excluding carboxylic acids is 1. The third kappa shape index (κ3) is 6.52. The Morgan fingerprint density at radius 3 is 2.41 bits per heavy atom. The van der Waals surface area contributed by atoms with E-state index < -0.39 is 5.97 Å². The minimum atomic E-state index is -1.02. The number of hydrogen-bond acceptors (Lipinski definition) is 5. The number of unbranched alkanes of at least 4 members (excludes halogenated alkanes) is 3. The third-order valence-corrected chi connectivity index (χ3v) is 4.52. The molecule has 0 heterocycles. The molecule has 0 bridgehead atoms. The summed E-state index contributed by atoms with van der Waals surface area (Å²) in [6.07, 6.45) is 4.34. The fourth-order valence-corrected chi connectivity index (χ4v) is 2.87. The largest absolute Gasteiger partial charge is 0.496 e. The highest BCUT2D eigenvalue weighted by Gasteiger charge is 2.13. The van der Waals surface area contributed by atoms with Gasteiger partial charge < -0.3 is 19.3 Å². The van der Waals surface area contributed by atoms with Crippen molar-refractivity contribution >= 4 is 11.8 Å². The quantitative estimate of drug-likeness (QED) is 0.393. The van der Waals surface area contributed by atoms with Gasteiger partial charge in [0.1, 0.15) is 23.9 Å². The lowest BCUT2D eigenvalue weighted by Gasteiger charge is -2.14. The van der Waals surface area contributed by atoms with Gasteiger partial charge in [0.2, 0.25) is 0 Å². The molecule has 0 unspecified atom stereocenters. The molecule has 0 aromatic heterocycles. The van der Waals surface area contributed by atoms with Gasteiger partial charge in [-0.15, -0.1) is 0 Å². The van der Waals surface area contributed by atoms with Crippen LogP contribution in [0.1, 0.15) is 65.8 Å². The average Bonchev–Trinajstić information content (AvgIpc) is 2.71. The number of Topliss-reactive ketones (excluding diaryl/α,β-unsaturated/α-hetero) is 1. The molecule has 1 N–H and O–H groups in total. The first kappa shape index (κ1) is 22.3. The van der Waals surface area contributed by atoms with Crippen LogP contribution >= 0.6 is 0 Å². The summed E-state index contributed by atoms with van der Waals surface area (Å²) in [7, 11) is 1.48. The second kappa shape index (κ2) is 11.1. The fourth-order valence-electron chi connectivity index (χ4n) is 2.87. The van der Waals surface area contributed by atoms with Crippen molar-refractivity contribution < 1.29 is 28.9 Å². The monoisotopic (exact) mass is 400 g/mol. The van der Waals surface area contributed by atoms with Crippen molar-refractivity contribution in [2.45, 2.75) is 46.1 Å². The number of carboxylic acids is 1. The minimum Gasteiger partial charge on any atom is -0.496 e. The molecule has 2 rings (SSSR count). The van der Waals surface area contributed by atoms with Crippen molar-refractivity contribution in [3.8, 4) is 17.2 Å². The number of benzene rings is 2. The lowest BCUT2D eigenvalue weighted by molar-refractivity contribution is 0.0696. The molecule has 156 valence electrons. The first-order valence-electron chi connectivity index (χ1n) is 9.77. The maximum Gasteiger partial charge on any atom is 0.335 e. The van der Waals surface area contributed by atoms with Crippen LogP contribution in [0.4, 0.5) is 0 Å². The zero-order valence-corrected chi connectivity index (χ0v) is 17.2. The predicted molar refractivity (Wildman–Crippen MR) is 110 cm³/mol. The van der Waals surface area contributed by atoms with Gasteiger partial charge in [0.25, 0.3) is 0 Å². The topological polar surface area (TPSA) is 82.1 Å². The summed E-state index contributed by atoms with van der Waals surface area (Å²) in [6, 6.07) is 9.77. The zero-order valence-electron chi connectivity index (χ0n) is 17.2. The smallest absolute Gasteiger partial charge is 0.335 e. The van der Waals surface area contributed by atoms with Gasteiger partial charge in [-0.1, -0.05) is 32.3 Å². The number of ether oxygens (including phenoxy) is 3. The van der Waals surface area contributed by atoms with Gasteiger partial charge in [-0.2, -0.15) is 0 Å². The molecule has 6 nitrogen and oxygen atoms in total. The summed E-state index contributed by atoms with van der Waals surface area (Å²) in [5.41, 5.74) is 1.39. The van der Waals surface area contributed by atoms with Crippen LogP contribution in [0.3, 0.4) is 0 Å². The van der Waals surface area contributed by atoms with Crippen molar-refractivity contribution in [3.63, 3.8) is 0 Å². The van der Waals surface area contributed by atoms with Crippen molar-refractivity contribution in [3.05, 3.63) is 53.1 Å². The molecular formula is C23H28O6. The van der Waals surface area contributed by atoms with Crippen molar-refractivity contribution in [2.24, 2.45) is 0 Å². The van der Waals surface area contributed by atoms with E-state index in [-0.39, 0.29) is 18.0 Å². The van der Waals surface area contributed by atoms with E-state index in [1.807, 2.05) is 0 Å². The zero-order chi connectivity index (χ0) is 21.2. The molecule has 6 heteroatoms. The molecule has 0 spiro atoms. The van der Waals surface area contributed by atoms with E-state index in [4.69, 9.17) is 19.3 Å². The third-order valence-electron chi connectivity index (χ3n) is 4.52. The Morgan fingerprint density at radius 1 is 0.966 bits per heavy atom. The van der Waals surface area contributed by atoms with Gasteiger partial charge in [0.15, 0.2) is 5.78 Å². The maximum atomic E-state index is 11.9. The van der Waals surface area contributed by atoms with Gasteiger partial charge >= 0.3 is 5.97 Å². The van der Waals surface area contributed by atoms with Crippen LogP contribution in [0.5, 0.6) is 17.2 Å². The molecule has 0 aliphatic carbocycles. The van der Waals surface area contributed by atoms with Crippen molar-refractivity contribution in [1.29, 1.82) is 0 Å². The van der Waals surface area contributed by atoms with Gasteiger partial charge in [-0.3, -0.25) is 4.79 Å². The number of aromatic carboxylic acids is 1. The summed E-state index contributed by atoms with van der Waals surface area (Å²) >= 11 is 0. The van der Waals surface area contributed by atoms with Crippen LogP contribution in [-0.4, -0.2) is 30.6 Å². The molecule has 0 fully saturated rings. The molecule has 0 atom stereocenters. The van der Waals surface area contributed by atoms with E-state index in [2.05, 4.69) is 6.92 Å². The lowest BCUT2D eigenvalue weighted by atomic mass is 10.1. The molecule has 2 aromatic rings. The number of ketones is 1. The standard InChI is InChI=1S/C23H28O6/c1-4-5-6-7-12-28-22-14-19(10-11-20(22)16(2)24)29-15-18-9-8-17(23(25)26)13-21(18)27-3/h8-11,13-14H,4-7,12,15H2,1-3H3,(H,25,26). The van der Waals surface area contributed by atoms with Crippen LogP contribution in [0.15, 0.2) is 36.4 Å². The van der Waals surface area contributed by atoms with E-state index in [9.17, 15) is 9.59 Å². The van der Waals surface area contributed by atoms with Crippen LogP contribution in [0, 0.1) is 0 Å². The average molecular weight is 400 g/mol. The van der Waals surface area contributed by atoms with Gasteiger partial charge in [-0.25, -0.2) is 4.79 Å². The highest BCUT2D eigenvalue weighted by molar-refractivity contribution is 5.97. The molecule has 2 aromatic carbocycles. The number of carboxylic acid groups (broad SMARTS) is 1. The van der Waals surface area contributed by atoms with E-state index in [1.54, 1.807) is 24.3 Å². The molecule has 0 aliphatic heterocycles. The Bertz CT molecular complexity index is 843. The number of hydrogen-bond donors (Lipinski definition) is 1. The van der Waals surface area contributed by atoms with Crippen LogP contribution < -0.4 is 14.2 Å². The normalized spacial score (nSPS) is 10.4. The van der Waals surface area contributed by atoms with Crippen LogP contribution in [0.2, 0.25) is 0 Å². The Hall–Kier alpha value is -3.02. The first-order chi connectivity index (χ1) is 14.0. The van der Waals surface area contributed by atoms with Crippen molar-refractivity contribution in [1.82, 2.24) is 0 Å². The van der Waals surface area contributed by atoms with Gasteiger partial charge in [0, 0.05) is 11.6 Å². The lowest BCUT2D eigenvalue weighted by Crippen LogP contribution is -2.05. The minimum absolute atomic E-state index is 0.0639. The fraction of sp³-hybridized carbons (Fsp3) is 0.391. The second-order valence-electron chi connectivity index (χ2n) is 6.74. The summed E-state index contributed by atoms with van der Waals surface area (Å²) in [6.45, 7) is 4.40.